The molecule has 9 heteroatoms. The van der Waals surface area contributed by atoms with Crippen LogP contribution in [0.5, 0.6) is 0 Å². The van der Waals surface area contributed by atoms with Crippen molar-refractivity contribution in [2.45, 2.75) is 13.3 Å². The van der Waals surface area contributed by atoms with Crippen molar-refractivity contribution in [2.75, 3.05) is 16.1 Å². The Morgan fingerprint density at radius 3 is 2.74 bits per heavy atom. The van der Waals surface area contributed by atoms with Crippen LogP contribution in [-0.4, -0.2) is 19.7 Å². The van der Waals surface area contributed by atoms with E-state index < -0.39 is 0 Å². The van der Waals surface area contributed by atoms with E-state index in [1.807, 2.05) is 37.3 Å². The summed E-state index contributed by atoms with van der Waals surface area (Å²) in [7, 11) is 6.14. The molecule has 2 radical (unpaired) electrons. The van der Waals surface area contributed by atoms with E-state index in [9.17, 15) is 0 Å². The molecule has 5 nitrogen and oxygen atoms in total. The Kier molecular flexibility index (Phi) is 8.60. The van der Waals surface area contributed by atoms with E-state index in [0.717, 1.165) is 17.7 Å². The van der Waals surface area contributed by atoms with Crippen LogP contribution in [-0.2, 0) is 0 Å². The number of benzene rings is 2. The Bertz CT molecular complexity index is 888. The first kappa shape index (κ1) is 21.7. The number of hydrogen-bond acceptors (Lipinski definition) is 5. The lowest BCUT2D eigenvalue weighted by Gasteiger charge is -2.15. The lowest BCUT2D eigenvalue weighted by atomic mass is 9.93. The van der Waals surface area contributed by atoms with Gasteiger partial charge >= 0.3 is 0 Å². The molecule has 0 aliphatic rings. The molecular weight excluding hydrogens is 490 g/mol. The van der Waals surface area contributed by atoms with E-state index in [2.05, 4.69) is 37.4 Å². The number of aliphatic imine (C=N–C) groups is 1. The average Bonchev–Trinajstić information content (AvgIpc) is 2.64. The molecule has 0 aliphatic carbocycles. The van der Waals surface area contributed by atoms with E-state index in [1.165, 1.54) is 6.21 Å². The average molecular weight is 510 g/mol. The van der Waals surface area contributed by atoms with Gasteiger partial charge in [-0.2, -0.15) is 0 Å². The van der Waals surface area contributed by atoms with E-state index in [4.69, 9.17) is 30.6 Å². The third kappa shape index (κ3) is 5.96. The van der Waals surface area contributed by atoms with Crippen LogP contribution in [0.3, 0.4) is 0 Å². The molecule has 0 amide bonds. The first-order valence-corrected chi connectivity index (χ1v) is 12.6. The summed E-state index contributed by atoms with van der Waals surface area (Å²) in [5.74, 6) is 0.576. The molecule has 0 saturated carbocycles. The summed E-state index contributed by atoms with van der Waals surface area (Å²) in [6.45, 7) is 2.01. The summed E-state index contributed by atoms with van der Waals surface area (Å²) in [5, 5.41) is 14.5. The number of rotatable bonds is 8. The molecule has 2 aromatic carbocycles. The zero-order valence-corrected chi connectivity index (χ0v) is 18.6. The highest BCUT2D eigenvalue weighted by Gasteiger charge is 2.11. The fraction of sp³-hybridized carbons (Fsp3) is 0.111. The van der Waals surface area contributed by atoms with Crippen molar-refractivity contribution < 1.29 is 0 Å². The maximum absolute atomic E-state index is 7.66. The van der Waals surface area contributed by atoms with Crippen molar-refractivity contribution in [3.05, 3.63) is 64.4 Å². The monoisotopic (exact) mass is 509 g/mol. The van der Waals surface area contributed by atoms with Gasteiger partial charge in [-0.05, 0) is 70.0 Å². The second kappa shape index (κ2) is 10.7. The van der Waals surface area contributed by atoms with Crippen molar-refractivity contribution in [3.63, 3.8) is 0 Å². The maximum Gasteiger partial charge on any atom is 0.142 e. The molecule has 0 fully saturated rings. The zero-order valence-electron chi connectivity index (χ0n) is 14.7. The molecular formula is C18H19BClIN5P. The number of nitrogens with zero attached hydrogens (tertiary/aromatic N) is 1. The zero-order chi connectivity index (χ0) is 19.8. The largest absolute Gasteiger partial charge is 0.399 e. The predicted molar refractivity (Wildman–Crippen MR) is 130 cm³/mol. The molecule has 1 atom stereocenters. The predicted octanol–water partition coefficient (Wildman–Crippen LogP) is 5.55. The van der Waals surface area contributed by atoms with E-state index in [0.29, 0.717) is 39.8 Å². The molecule has 0 saturated heterocycles. The van der Waals surface area contributed by atoms with Crippen molar-refractivity contribution in [1.29, 1.82) is 5.41 Å². The number of nitrogens with two attached hydrogens (primary N) is 1. The SMILES string of the molecule is [B]/C(=N\C(=C\CC)Nc1ccc(NPI)c(C=N)c1Cl)c1cccc(N)c1. The third-order valence-electron chi connectivity index (χ3n) is 3.59. The maximum atomic E-state index is 7.66. The molecule has 27 heavy (non-hydrogen) atoms. The van der Waals surface area contributed by atoms with Gasteiger partial charge in [0.1, 0.15) is 13.7 Å². The second-order valence-corrected chi connectivity index (χ2v) is 7.93. The summed E-state index contributed by atoms with van der Waals surface area (Å²) in [4.78, 5) is 4.49. The highest BCUT2D eigenvalue weighted by molar-refractivity contribution is 14.2. The smallest absolute Gasteiger partial charge is 0.142 e. The number of halogens is 2. The molecule has 1 unspecified atom stereocenters. The minimum Gasteiger partial charge on any atom is -0.399 e. The summed E-state index contributed by atoms with van der Waals surface area (Å²) in [6.07, 6.45) is 4.40. The van der Waals surface area contributed by atoms with Crippen molar-refractivity contribution in [3.8, 4) is 0 Å². The van der Waals surface area contributed by atoms with Gasteiger partial charge in [-0.3, -0.25) is 0 Å². The second-order valence-electron chi connectivity index (χ2n) is 5.50. The quantitative estimate of drug-likeness (QED) is 0.124. The Labute approximate surface area is 180 Å². The van der Waals surface area contributed by atoms with Crippen LogP contribution in [0, 0.1) is 5.41 Å². The van der Waals surface area contributed by atoms with Crippen LogP contribution >= 0.6 is 40.0 Å². The summed E-state index contributed by atoms with van der Waals surface area (Å²) in [6, 6.07) is 11.0. The molecule has 0 spiro atoms. The molecule has 138 valence electrons. The number of allylic oxidation sites excluding steroid dienone is 1. The summed E-state index contributed by atoms with van der Waals surface area (Å²) < 4.78 is 0. The topological polar surface area (TPSA) is 86.3 Å². The normalized spacial score (nSPS) is 12.4. The van der Waals surface area contributed by atoms with Gasteiger partial charge in [-0.15, -0.1) is 0 Å². The van der Waals surface area contributed by atoms with Gasteiger partial charge in [0, 0.05) is 29.5 Å². The number of nitrogen functional groups attached to an aromatic ring is 1. The van der Waals surface area contributed by atoms with Crippen LogP contribution in [0.4, 0.5) is 17.1 Å². The Balaban J connectivity index is 2.35. The standard InChI is InChI=1S/C18H19BClIN5P/c1-2-4-16(25-18(19)11-5-3-6-12(23)9-11)24-15-8-7-14(26-27-21)13(10-22)17(15)20/h3-10,22,24,26-27H,2,23H2,1H3/b16-4+,22-10?,25-18-. The fourth-order valence-corrected chi connectivity index (χ4v) is 3.80. The molecule has 0 aliphatic heterocycles. The minimum absolute atomic E-state index is 0.349. The van der Waals surface area contributed by atoms with Gasteiger partial charge in [0.2, 0.25) is 0 Å². The van der Waals surface area contributed by atoms with E-state index >= 15 is 0 Å². The number of nitrogens with one attached hydrogen (secondary N) is 3. The number of hydrogen-bond donors (Lipinski definition) is 4. The molecule has 2 rings (SSSR count). The van der Waals surface area contributed by atoms with Crippen LogP contribution in [0.1, 0.15) is 24.5 Å². The van der Waals surface area contributed by atoms with Crippen LogP contribution in [0.2, 0.25) is 5.02 Å². The first-order chi connectivity index (χ1) is 13.0. The Hall–Kier alpha value is -1.57. The summed E-state index contributed by atoms with van der Waals surface area (Å²) in [5.41, 5.74) is 9.62. The van der Waals surface area contributed by atoms with Crippen LogP contribution < -0.4 is 16.1 Å². The highest BCUT2D eigenvalue weighted by Crippen LogP contribution is 2.35. The van der Waals surface area contributed by atoms with E-state index in [-0.39, 0.29) is 0 Å². The Morgan fingerprint density at radius 2 is 2.11 bits per heavy atom. The highest BCUT2D eigenvalue weighted by atomic mass is 127. The van der Waals surface area contributed by atoms with Gasteiger partial charge in [0.05, 0.1) is 10.7 Å². The molecule has 0 aromatic heterocycles. The molecule has 5 N–H and O–H groups in total. The van der Waals surface area contributed by atoms with Crippen LogP contribution in [0.25, 0.3) is 0 Å². The Morgan fingerprint density at radius 1 is 1.37 bits per heavy atom. The fourth-order valence-electron chi connectivity index (χ4n) is 2.34. The van der Waals surface area contributed by atoms with Gasteiger partial charge in [-0.1, -0.05) is 30.7 Å². The van der Waals surface area contributed by atoms with Crippen LogP contribution in [0.15, 0.2) is 53.3 Å². The van der Waals surface area contributed by atoms with E-state index in [1.54, 1.807) is 12.1 Å². The van der Waals surface area contributed by atoms with Gasteiger partial charge < -0.3 is 21.5 Å². The molecule has 0 bridgehead atoms. The van der Waals surface area contributed by atoms with Crippen molar-refractivity contribution in [1.82, 2.24) is 0 Å². The lowest BCUT2D eigenvalue weighted by Crippen LogP contribution is -2.06. The molecule has 2 aromatic rings. The molecule has 0 heterocycles. The minimum atomic E-state index is 0.349. The lowest BCUT2D eigenvalue weighted by molar-refractivity contribution is 1.16. The number of anilines is 3. The summed E-state index contributed by atoms with van der Waals surface area (Å²) >= 11 is 8.72. The van der Waals surface area contributed by atoms with Gasteiger partial charge in [0.15, 0.2) is 0 Å². The first-order valence-electron chi connectivity index (χ1n) is 8.12. The third-order valence-corrected chi connectivity index (χ3v) is 5.17. The van der Waals surface area contributed by atoms with Gasteiger partial charge in [0.25, 0.3) is 0 Å². The van der Waals surface area contributed by atoms with Crippen molar-refractivity contribution >= 4 is 76.7 Å². The van der Waals surface area contributed by atoms with Crippen molar-refractivity contribution in [2.24, 2.45) is 4.99 Å². The van der Waals surface area contributed by atoms with Gasteiger partial charge in [-0.25, -0.2) is 4.99 Å².